The van der Waals surface area contributed by atoms with E-state index in [1.165, 1.54) is 11.1 Å². The third-order valence-electron chi connectivity index (χ3n) is 4.10. The van der Waals surface area contributed by atoms with Crippen molar-refractivity contribution >= 4 is 0 Å². The van der Waals surface area contributed by atoms with E-state index in [1.54, 1.807) is 12.4 Å². The van der Waals surface area contributed by atoms with Crippen molar-refractivity contribution in [2.24, 2.45) is 0 Å². The van der Waals surface area contributed by atoms with Crippen molar-refractivity contribution in [3.05, 3.63) is 70.7 Å². The predicted octanol–water partition coefficient (Wildman–Crippen LogP) is 4.29. The van der Waals surface area contributed by atoms with E-state index in [0.717, 1.165) is 16.7 Å². The fraction of sp³-hybridized carbons (Fsp3) is 0.476. The van der Waals surface area contributed by atoms with Crippen LogP contribution in [0.3, 0.4) is 0 Å². The average molecular weight is 326 g/mol. The molecule has 1 atom stereocenters. The molecule has 0 saturated heterocycles. The largest absolute Gasteiger partial charge is 0.619 e. The third-order valence-corrected chi connectivity index (χ3v) is 4.10. The van der Waals surface area contributed by atoms with Gasteiger partial charge in [-0.15, -0.1) is 0 Å². The van der Waals surface area contributed by atoms with E-state index in [1.807, 2.05) is 12.1 Å². The number of benzene rings is 1. The lowest BCUT2D eigenvalue weighted by atomic mass is 9.85. The molecule has 0 fully saturated rings. The zero-order valence-corrected chi connectivity index (χ0v) is 15.8. The van der Waals surface area contributed by atoms with Gasteiger partial charge in [0, 0.05) is 23.7 Å². The van der Waals surface area contributed by atoms with Crippen LogP contribution >= 0.6 is 0 Å². The normalized spacial score (nSPS) is 13.8. The van der Waals surface area contributed by atoms with Crippen LogP contribution in [0.25, 0.3) is 0 Å². The van der Waals surface area contributed by atoms with Gasteiger partial charge in [-0.2, -0.15) is 4.73 Å². The van der Waals surface area contributed by atoms with Gasteiger partial charge in [0.15, 0.2) is 12.4 Å². The van der Waals surface area contributed by atoms with E-state index >= 15 is 0 Å². The lowest BCUT2D eigenvalue weighted by Gasteiger charge is -2.29. The van der Waals surface area contributed by atoms with Gasteiger partial charge >= 0.3 is 0 Å². The Morgan fingerprint density at radius 2 is 1.46 bits per heavy atom. The van der Waals surface area contributed by atoms with Gasteiger partial charge in [0.2, 0.25) is 0 Å². The van der Waals surface area contributed by atoms with Crippen LogP contribution in [-0.2, 0) is 11.8 Å². The Labute approximate surface area is 146 Å². The first-order chi connectivity index (χ1) is 11.0. The minimum absolute atomic E-state index is 0.0145. The highest BCUT2D eigenvalue weighted by Gasteiger charge is 2.21. The Kier molecular flexibility index (Phi) is 5.34. The maximum atomic E-state index is 11.2. The van der Waals surface area contributed by atoms with Crippen molar-refractivity contribution < 1.29 is 4.73 Å². The van der Waals surface area contributed by atoms with Crippen LogP contribution in [0.15, 0.2) is 48.8 Å². The van der Waals surface area contributed by atoms with Crippen molar-refractivity contribution in [2.75, 3.05) is 0 Å². The summed E-state index contributed by atoms with van der Waals surface area (Å²) in [6.07, 6.45) is 3.98. The van der Waals surface area contributed by atoms with Gasteiger partial charge in [-0.3, -0.25) is 0 Å². The second-order valence-corrected chi connectivity index (χ2v) is 8.59. The highest BCUT2D eigenvalue weighted by molar-refractivity contribution is 5.30. The first kappa shape index (κ1) is 18.5. The van der Waals surface area contributed by atoms with Crippen LogP contribution in [0.4, 0.5) is 0 Å². The molecular formula is C21H30N2O. The molecule has 0 aliphatic rings. The number of rotatable bonds is 4. The lowest BCUT2D eigenvalue weighted by Crippen LogP contribution is -2.39. The standard InChI is InChI=1S/C21H30N2O/c1-20(2,3)18-9-7-17(8-10-18)19(22-21(4,5)6)15-16-11-13-23(24)14-12-16/h7-14,19,22H,15H2,1-6H3/t19-/m1/s1. The third kappa shape index (κ3) is 5.34. The Morgan fingerprint density at radius 1 is 0.917 bits per heavy atom. The predicted molar refractivity (Wildman–Crippen MR) is 99.9 cm³/mol. The fourth-order valence-corrected chi connectivity index (χ4v) is 2.81. The lowest BCUT2D eigenvalue weighted by molar-refractivity contribution is -0.605. The molecule has 0 unspecified atom stereocenters. The molecule has 1 aromatic heterocycles. The number of aromatic nitrogens is 1. The molecule has 1 N–H and O–H groups in total. The minimum atomic E-state index is 0.0145. The van der Waals surface area contributed by atoms with Crippen LogP contribution in [0.2, 0.25) is 0 Å². The van der Waals surface area contributed by atoms with Crippen molar-refractivity contribution in [1.82, 2.24) is 5.32 Å². The van der Waals surface area contributed by atoms with Gasteiger partial charge in [0.1, 0.15) is 0 Å². The van der Waals surface area contributed by atoms with E-state index in [4.69, 9.17) is 0 Å². The van der Waals surface area contributed by atoms with Crippen molar-refractivity contribution in [2.45, 2.75) is 65.0 Å². The van der Waals surface area contributed by atoms with Crippen LogP contribution < -0.4 is 10.0 Å². The van der Waals surface area contributed by atoms with Gasteiger partial charge in [0.25, 0.3) is 0 Å². The topological polar surface area (TPSA) is 39.0 Å². The van der Waals surface area contributed by atoms with E-state index in [2.05, 4.69) is 71.1 Å². The number of hydrogen-bond acceptors (Lipinski definition) is 2. The van der Waals surface area contributed by atoms with Crippen LogP contribution in [0, 0.1) is 5.21 Å². The number of nitrogens with zero attached hydrogens (tertiary/aromatic N) is 1. The van der Waals surface area contributed by atoms with Gasteiger partial charge in [-0.05, 0) is 49.3 Å². The highest BCUT2D eigenvalue weighted by atomic mass is 16.5. The maximum Gasteiger partial charge on any atom is 0.180 e. The molecule has 2 rings (SSSR count). The fourth-order valence-electron chi connectivity index (χ4n) is 2.81. The average Bonchev–Trinajstić information content (AvgIpc) is 2.47. The molecule has 130 valence electrons. The molecule has 1 aromatic carbocycles. The summed E-state index contributed by atoms with van der Waals surface area (Å²) in [5.41, 5.74) is 3.95. The Hall–Kier alpha value is -1.87. The van der Waals surface area contributed by atoms with Gasteiger partial charge < -0.3 is 10.5 Å². The first-order valence-electron chi connectivity index (χ1n) is 8.60. The molecule has 0 aliphatic carbocycles. The molecule has 3 nitrogen and oxygen atoms in total. The summed E-state index contributed by atoms with van der Waals surface area (Å²) in [4.78, 5) is 0. The smallest absolute Gasteiger partial charge is 0.180 e. The summed E-state index contributed by atoms with van der Waals surface area (Å²) in [5, 5.41) is 14.9. The van der Waals surface area contributed by atoms with Gasteiger partial charge in [0.05, 0.1) is 0 Å². The molecule has 0 aliphatic heterocycles. The highest BCUT2D eigenvalue weighted by Crippen LogP contribution is 2.26. The molecule has 0 radical (unpaired) electrons. The zero-order chi connectivity index (χ0) is 18.0. The second kappa shape index (κ2) is 6.94. The molecule has 0 bridgehead atoms. The Balaban J connectivity index is 2.27. The summed E-state index contributed by atoms with van der Waals surface area (Å²) in [6, 6.07) is 12.9. The second-order valence-electron chi connectivity index (χ2n) is 8.59. The van der Waals surface area contributed by atoms with Crippen molar-refractivity contribution in [1.29, 1.82) is 0 Å². The molecule has 24 heavy (non-hydrogen) atoms. The molecule has 0 saturated carbocycles. The molecular weight excluding hydrogens is 296 g/mol. The SMILES string of the molecule is CC(C)(C)N[C@H](Cc1cc[n+]([O-])cc1)c1ccc(C(C)(C)C)cc1. The number of pyridine rings is 1. The molecule has 2 aromatic rings. The van der Waals surface area contributed by atoms with E-state index in [-0.39, 0.29) is 17.0 Å². The van der Waals surface area contributed by atoms with Crippen LogP contribution in [0.1, 0.15) is 64.3 Å². The summed E-state index contributed by atoms with van der Waals surface area (Å²) < 4.78 is 0.827. The molecule has 3 heteroatoms. The quantitative estimate of drug-likeness (QED) is 0.672. The molecule has 0 spiro atoms. The molecule has 1 heterocycles. The Morgan fingerprint density at radius 3 is 1.92 bits per heavy atom. The zero-order valence-electron chi connectivity index (χ0n) is 15.8. The first-order valence-corrected chi connectivity index (χ1v) is 8.60. The summed E-state index contributed by atoms with van der Waals surface area (Å²) in [6.45, 7) is 13.2. The van der Waals surface area contributed by atoms with Crippen molar-refractivity contribution in [3.8, 4) is 0 Å². The van der Waals surface area contributed by atoms with Crippen molar-refractivity contribution in [3.63, 3.8) is 0 Å². The summed E-state index contributed by atoms with van der Waals surface area (Å²) in [7, 11) is 0. The van der Waals surface area contributed by atoms with E-state index in [9.17, 15) is 5.21 Å². The summed E-state index contributed by atoms with van der Waals surface area (Å²) in [5.74, 6) is 0. The maximum absolute atomic E-state index is 11.2. The van der Waals surface area contributed by atoms with Gasteiger partial charge in [-0.1, -0.05) is 45.0 Å². The number of hydrogen-bond donors (Lipinski definition) is 1. The Bertz CT molecular complexity index is 646. The van der Waals surface area contributed by atoms with E-state index in [0.29, 0.717) is 0 Å². The molecule has 0 amide bonds. The van der Waals surface area contributed by atoms with E-state index < -0.39 is 0 Å². The summed E-state index contributed by atoms with van der Waals surface area (Å²) >= 11 is 0. The van der Waals surface area contributed by atoms with Crippen LogP contribution in [-0.4, -0.2) is 5.54 Å². The number of nitrogens with one attached hydrogen (secondary N) is 1. The monoisotopic (exact) mass is 326 g/mol. The van der Waals surface area contributed by atoms with Gasteiger partial charge in [-0.25, -0.2) is 0 Å². The van der Waals surface area contributed by atoms with Crippen LogP contribution in [0.5, 0.6) is 0 Å². The minimum Gasteiger partial charge on any atom is -0.619 e.